The number of aromatic nitrogens is 1. The summed E-state index contributed by atoms with van der Waals surface area (Å²) in [6.45, 7) is 5.60. The minimum Gasteiger partial charge on any atom is -0.457 e. The average Bonchev–Trinajstić information content (AvgIpc) is 3.36. The zero-order valence-electron chi connectivity index (χ0n) is 18.4. The molecule has 7 nitrogen and oxygen atoms in total. The first kappa shape index (κ1) is 20.9. The van der Waals surface area contributed by atoms with Gasteiger partial charge in [0.25, 0.3) is 0 Å². The van der Waals surface area contributed by atoms with Crippen molar-refractivity contribution >= 4 is 23.1 Å². The standard InChI is InChI=1S/C26H27N5O2/c1-2-25(32)29-14-6-7-20(17-29)30-18-31(26(27)23-15-28-16-24(23)30)19-10-12-22(13-11-19)33-21-8-4-3-5-9-21/h2-5,8-13,15-16,20,27-28H,1,6-7,14,17-18H2/t20-/m1/s1. The van der Waals surface area contributed by atoms with Crippen LogP contribution in [0.5, 0.6) is 11.5 Å². The molecule has 1 saturated heterocycles. The Hall–Kier alpha value is -4.00. The summed E-state index contributed by atoms with van der Waals surface area (Å²) in [6, 6.07) is 17.7. The number of amidine groups is 1. The maximum Gasteiger partial charge on any atom is 0.246 e. The molecule has 3 aromatic rings. The minimum atomic E-state index is -0.0235. The number of piperidine rings is 1. The SMILES string of the molecule is C=CC(=O)N1CCC[C@@H](N2CN(c3ccc(Oc4ccccc4)cc3)C(=N)c3c[nH]cc32)C1. The van der Waals surface area contributed by atoms with E-state index in [2.05, 4.69) is 16.5 Å². The second-order valence-electron chi connectivity index (χ2n) is 8.34. The third kappa shape index (κ3) is 4.09. The van der Waals surface area contributed by atoms with Gasteiger partial charge in [-0.1, -0.05) is 24.8 Å². The van der Waals surface area contributed by atoms with Crippen LogP contribution in [0.1, 0.15) is 18.4 Å². The van der Waals surface area contributed by atoms with Gasteiger partial charge in [0.15, 0.2) is 0 Å². The van der Waals surface area contributed by atoms with Crippen molar-refractivity contribution in [3.8, 4) is 11.5 Å². The van der Waals surface area contributed by atoms with Crippen molar-refractivity contribution in [1.82, 2.24) is 9.88 Å². The van der Waals surface area contributed by atoms with Gasteiger partial charge in [0.2, 0.25) is 5.91 Å². The van der Waals surface area contributed by atoms with Crippen molar-refractivity contribution in [2.24, 2.45) is 0 Å². The smallest absolute Gasteiger partial charge is 0.246 e. The number of amides is 1. The number of fused-ring (bicyclic) bond motifs is 1. The van der Waals surface area contributed by atoms with E-state index in [0.29, 0.717) is 19.0 Å². The number of likely N-dealkylation sites (tertiary alicyclic amines) is 1. The number of benzene rings is 2. The monoisotopic (exact) mass is 441 g/mol. The molecule has 1 atom stereocenters. The molecule has 1 fully saturated rings. The number of carbonyl (C=O) groups is 1. The third-order valence-corrected chi connectivity index (χ3v) is 6.30. The summed E-state index contributed by atoms with van der Waals surface area (Å²) >= 11 is 0. The predicted octanol–water partition coefficient (Wildman–Crippen LogP) is 4.59. The van der Waals surface area contributed by atoms with E-state index in [-0.39, 0.29) is 11.9 Å². The maximum atomic E-state index is 12.2. The van der Waals surface area contributed by atoms with E-state index in [1.165, 1.54) is 6.08 Å². The number of hydrogen-bond acceptors (Lipinski definition) is 4. The van der Waals surface area contributed by atoms with Crippen molar-refractivity contribution in [3.63, 3.8) is 0 Å². The molecule has 0 saturated carbocycles. The van der Waals surface area contributed by atoms with E-state index >= 15 is 0 Å². The largest absolute Gasteiger partial charge is 0.457 e. The zero-order chi connectivity index (χ0) is 22.8. The number of anilines is 2. The first-order valence-electron chi connectivity index (χ1n) is 11.2. The normalized spacial score (nSPS) is 18.1. The summed E-state index contributed by atoms with van der Waals surface area (Å²) < 4.78 is 5.92. The number of ether oxygens (including phenoxy) is 1. The highest BCUT2D eigenvalue weighted by atomic mass is 16.5. The average molecular weight is 442 g/mol. The van der Waals surface area contributed by atoms with Crippen LogP contribution >= 0.6 is 0 Å². The number of H-pyrrole nitrogens is 1. The molecule has 0 spiro atoms. The van der Waals surface area contributed by atoms with Gasteiger partial charge in [0.05, 0.1) is 17.9 Å². The van der Waals surface area contributed by atoms with Gasteiger partial charge in [-0.05, 0) is 55.3 Å². The summed E-state index contributed by atoms with van der Waals surface area (Å²) in [5, 5.41) is 8.83. The highest BCUT2D eigenvalue weighted by molar-refractivity contribution is 6.13. The summed E-state index contributed by atoms with van der Waals surface area (Å²) in [4.78, 5) is 21.6. The second kappa shape index (κ2) is 8.86. The molecule has 2 aliphatic heterocycles. The summed E-state index contributed by atoms with van der Waals surface area (Å²) in [5.41, 5.74) is 2.79. The molecular weight excluding hydrogens is 414 g/mol. The minimum absolute atomic E-state index is 0.0235. The first-order chi connectivity index (χ1) is 16.1. The van der Waals surface area contributed by atoms with Gasteiger partial charge in [-0.3, -0.25) is 10.2 Å². The fourth-order valence-electron chi connectivity index (χ4n) is 4.61. The molecule has 168 valence electrons. The van der Waals surface area contributed by atoms with E-state index in [1.54, 1.807) is 0 Å². The molecule has 5 rings (SSSR count). The Kier molecular flexibility index (Phi) is 5.60. The third-order valence-electron chi connectivity index (χ3n) is 6.30. The Morgan fingerprint density at radius 1 is 1.09 bits per heavy atom. The predicted molar refractivity (Wildman–Crippen MR) is 130 cm³/mol. The Morgan fingerprint density at radius 2 is 1.85 bits per heavy atom. The van der Waals surface area contributed by atoms with Crippen molar-refractivity contribution in [2.45, 2.75) is 18.9 Å². The second-order valence-corrected chi connectivity index (χ2v) is 8.34. The fourth-order valence-corrected chi connectivity index (χ4v) is 4.61. The lowest BCUT2D eigenvalue weighted by atomic mass is 10.0. The van der Waals surface area contributed by atoms with Gasteiger partial charge >= 0.3 is 0 Å². The van der Waals surface area contributed by atoms with Crippen LogP contribution in [0.25, 0.3) is 0 Å². The molecule has 3 heterocycles. The molecule has 0 radical (unpaired) electrons. The lowest BCUT2D eigenvalue weighted by Crippen LogP contribution is -2.56. The molecule has 1 aromatic heterocycles. The van der Waals surface area contributed by atoms with Gasteiger partial charge in [-0.15, -0.1) is 0 Å². The quantitative estimate of drug-likeness (QED) is 0.568. The van der Waals surface area contributed by atoms with E-state index in [9.17, 15) is 4.79 Å². The molecule has 2 aliphatic rings. The van der Waals surface area contributed by atoms with E-state index in [1.807, 2.05) is 76.8 Å². The van der Waals surface area contributed by atoms with Gasteiger partial charge in [-0.25, -0.2) is 0 Å². The van der Waals surface area contributed by atoms with E-state index in [4.69, 9.17) is 10.1 Å². The van der Waals surface area contributed by atoms with Crippen LogP contribution in [-0.4, -0.2) is 47.4 Å². The first-order valence-corrected chi connectivity index (χ1v) is 11.2. The zero-order valence-corrected chi connectivity index (χ0v) is 18.4. The van der Waals surface area contributed by atoms with Crippen molar-refractivity contribution in [3.05, 3.63) is 85.2 Å². The Labute approximate surface area is 193 Å². The van der Waals surface area contributed by atoms with E-state index < -0.39 is 0 Å². The number of hydrogen-bond donors (Lipinski definition) is 2. The number of carbonyl (C=O) groups excluding carboxylic acids is 1. The van der Waals surface area contributed by atoms with Crippen LogP contribution in [0.4, 0.5) is 11.4 Å². The highest BCUT2D eigenvalue weighted by Crippen LogP contribution is 2.34. The molecule has 0 bridgehead atoms. The molecule has 7 heteroatoms. The Bertz CT molecular complexity index is 1150. The van der Waals surface area contributed by atoms with Crippen molar-refractivity contribution < 1.29 is 9.53 Å². The molecule has 33 heavy (non-hydrogen) atoms. The van der Waals surface area contributed by atoms with Crippen LogP contribution in [0, 0.1) is 5.41 Å². The van der Waals surface area contributed by atoms with Gasteiger partial charge < -0.3 is 24.4 Å². The number of nitrogens with zero attached hydrogens (tertiary/aromatic N) is 3. The Morgan fingerprint density at radius 3 is 2.61 bits per heavy atom. The number of aromatic amines is 1. The maximum absolute atomic E-state index is 12.2. The van der Waals surface area contributed by atoms with Crippen LogP contribution in [0.2, 0.25) is 0 Å². The molecule has 1 amide bonds. The van der Waals surface area contributed by atoms with Crippen molar-refractivity contribution in [2.75, 3.05) is 29.6 Å². The summed E-state index contributed by atoms with van der Waals surface area (Å²) in [7, 11) is 0. The molecular formula is C26H27N5O2. The van der Waals surface area contributed by atoms with E-state index in [0.717, 1.165) is 47.8 Å². The fraction of sp³-hybridized carbons (Fsp3) is 0.231. The topological polar surface area (TPSA) is 75.7 Å². The Balaban J connectivity index is 1.38. The summed E-state index contributed by atoms with van der Waals surface area (Å²) in [6.07, 6.45) is 7.16. The lowest BCUT2D eigenvalue weighted by Gasteiger charge is -2.45. The highest BCUT2D eigenvalue weighted by Gasteiger charge is 2.35. The molecule has 2 N–H and O–H groups in total. The van der Waals surface area contributed by atoms with Crippen molar-refractivity contribution in [1.29, 1.82) is 5.41 Å². The van der Waals surface area contributed by atoms with Gasteiger partial charge in [0.1, 0.15) is 17.3 Å². The van der Waals surface area contributed by atoms with Crippen LogP contribution < -0.4 is 14.5 Å². The number of rotatable bonds is 5. The number of para-hydroxylation sites is 1. The van der Waals surface area contributed by atoms with Crippen LogP contribution in [0.15, 0.2) is 79.6 Å². The van der Waals surface area contributed by atoms with Crippen LogP contribution in [-0.2, 0) is 4.79 Å². The van der Waals surface area contributed by atoms with Gasteiger partial charge in [0, 0.05) is 37.2 Å². The molecule has 2 aromatic carbocycles. The number of nitrogens with one attached hydrogen (secondary N) is 2. The summed E-state index contributed by atoms with van der Waals surface area (Å²) in [5.74, 6) is 1.97. The van der Waals surface area contributed by atoms with Gasteiger partial charge in [-0.2, -0.15) is 0 Å². The van der Waals surface area contributed by atoms with Crippen LogP contribution in [0.3, 0.4) is 0 Å². The molecule has 0 unspecified atom stereocenters. The lowest BCUT2D eigenvalue weighted by molar-refractivity contribution is -0.127. The molecule has 0 aliphatic carbocycles.